The summed E-state index contributed by atoms with van der Waals surface area (Å²) in [7, 11) is 0. The Kier molecular flexibility index (Phi) is 3.41. The minimum Gasteiger partial charge on any atom is -0.506 e. The summed E-state index contributed by atoms with van der Waals surface area (Å²) >= 11 is 0. The number of Topliss-reactive ketones (excluding diaryl/α,β-unsaturated/α-hetero) is 2. The van der Waals surface area contributed by atoms with Gasteiger partial charge in [-0.05, 0) is 26.3 Å². The fraction of sp³-hybridized carbons (Fsp3) is 0.250. The van der Waals surface area contributed by atoms with Crippen LogP contribution in [0.4, 0.5) is 0 Å². The molecule has 0 unspecified atom stereocenters. The van der Waals surface area contributed by atoms with Crippen LogP contribution in [0.3, 0.4) is 0 Å². The van der Waals surface area contributed by atoms with Gasteiger partial charge in [0.1, 0.15) is 22.6 Å². The number of benzene rings is 1. The van der Waals surface area contributed by atoms with E-state index in [0.717, 1.165) is 13.8 Å². The van der Waals surface area contributed by atoms with Crippen LogP contribution in [-0.2, 0) is 0 Å². The first-order valence-electron chi connectivity index (χ1n) is 5.03. The largest absolute Gasteiger partial charge is 0.506 e. The number of aromatic hydroxyl groups is 2. The van der Waals surface area contributed by atoms with Gasteiger partial charge < -0.3 is 15.3 Å². The number of hydrogen-bond donors (Lipinski definition) is 3. The number of aromatic carboxylic acids is 1. The smallest absolute Gasteiger partial charge is 0.339 e. The molecule has 0 spiro atoms. The molecule has 3 N–H and O–H groups in total. The highest BCUT2D eigenvalue weighted by Crippen LogP contribution is 2.38. The molecule has 0 heterocycles. The SMILES string of the molecule is CC(=O)c1c(C)c(C(=O)O)c(O)c(C(C)=O)c1O. The lowest BCUT2D eigenvalue weighted by Crippen LogP contribution is -2.11. The minimum absolute atomic E-state index is 0.0741. The van der Waals surface area contributed by atoms with Gasteiger partial charge in [0, 0.05) is 0 Å². The van der Waals surface area contributed by atoms with E-state index in [2.05, 4.69) is 0 Å². The molecule has 18 heavy (non-hydrogen) atoms. The van der Waals surface area contributed by atoms with Crippen LogP contribution in [0.2, 0.25) is 0 Å². The van der Waals surface area contributed by atoms with E-state index in [1.54, 1.807) is 0 Å². The maximum absolute atomic E-state index is 11.4. The molecule has 1 aromatic carbocycles. The first-order chi connectivity index (χ1) is 8.20. The molecule has 1 rings (SSSR count). The van der Waals surface area contributed by atoms with Crippen molar-refractivity contribution in [2.75, 3.05) is 0 Å². The number of carbonyl (C=O) groups is 3. The Bertz CT molecular complexity index is 468. The molecule has 0 saturated heterocycles. The van der Waals surface area contributed by atoms with Gasteiger partial charge >= 0.3 is 5.97 Å². The third kappa shape index (κ3) is 1.92. The number of rotatable bonds is 3. The van der Waals surface area contributed by atoms with Gasteiger partial charge in [0.25, 0.3) is 0 Å². The first-order valence-corrected chi connectivity index (χ1v) is 5.03. The second-order valence-electron chi connectivity index (χ2n) is 3.86. The standard InChI is InChI=1S/C12H12O6/c1-4-7(5(2)13)10(15)9(6(3)14)11(16)8(4)12(17)18/h15-16H,1-3H3,(H,17,18). The summed E-state index contributed by atoms with van der Waals surface area (Å²) in [6.07, 6.45) is 0. The number of carbonyl (C=O) groups excluding carboxylic acids is 2. The molecule has 0 aliphatic rings. The summed E-state index contributed by atoms with van der Waals surface area (Å²) in [5.41, 5.74) is -1.45. The Morgan fingerprint density at radius 3 is 1.56 bits per heavy atom. The van der Waals surface area contributed by atoms with E-state index in [0.29, 0.717) is 0 Å². The molecule has 0 amide bonds. The van der Waals surface area contributed by atoms with Crippen molar-refractivity contribution in [3.8, 4) is 11.5 Å². The molecular formula is C12H12O6. The van der Waals surface area contributed by atoms with Gasteiger partial charge in [-0.1, -0.05) is 0 Å². The van der Waals surface area contributed by atoms with Crippen LogP contribution in [0, 0.1) is 6.92 Å². The summed E-state index contributed by atoms with van der Waals surface area (Å²) in [4.78, 5) is 33.8. The normalized spacial score (nSPS) is 10.2. The van der Waals surface area contributed by atoms with Gasteiger partial charge in [0.2, 0.25) is 0 Å². The second kappa shape index (κ2) is 4.48. The van der Waals surface area contributed by atoms with E-state index in [-0.39, 0.29) is 11.1 Å². The summed E-state index contributed by atoms with van der Waals surface area (Å²) < 4.78 is 0. The van der Waals surface area contributed by atoms with Crippen molar-refractivity contribution in [2.24, 2.45) is 0 Å². The molecule has 0 radical (unpaired) electrons. The molecule has 0 saturated carbocycles. The summed E-state index contributed by atoms with van der Waals surface area (Å²) in [6, 6.07) is 0. The van der Waals surface area contributed by atoms with Crippen LogP contribution >= 0.6 is 0 Å². The molecule has 0 aliphatic carbocycles. The Morgan fingerprint density at radius 2 is 1.22 bits per heavy atom. The third-order valence-electron chi connectivity index (χ3n) is 2.62. The maximum Gasteiger partial charge on any atom is 0.339 e. The second-order valence-corrected chi connectivity index (χ2v) is 3.86. The van der Waals surface area contributed by atoms with E-state index < -0.39 is 40.2 Å². The molecule has 96 valence electrons. The number of hydrogen-bond acceptors (Lipinski definition) is 5. The summed E-state index contributed by atoms with van der Waals surface area (Å²) in [5.74, 6) is -4.30. The van der Waals surface area contributed by atoms with Crippen molar-refractivity contribution in [3.63, 3.8) is 0 Å². The van der Waals surface area contributed by atoms with Crippen molar-refractivity contribution in [2.45, 2.75) is 20.8 Å². The van der Waals surface area contributed by atoms with Crippen LogP contribution in [0.1, 0.15) is 50.5 Å². The minimum atomic E-state index is -1.48. The van der Waals surface area contributed by atoms with Gasteiger partial charge in [-0.3, -0.25) is 9.59 Å². The van der Waals surface area contributed by atoms with Crippen LogP contribution in [-0.4, -0.2) is 32.9 Å². The van der Waals surface area contributed by atoms with E-state index in [1.807, 2.05) is 0 Å². The number of carboxylic acid groups (broad SMARTS) is 1. The topological polar surface area (TPSA) is 112 Å². The van der Waals surface area contributed by atoms with Crippen molar-refractivity contribution in [1.29, 1.82) is 0 Å². The van der Waals surface area contributed by atoms with Gasteiger partial charge in [0.05, 0.1) is 5.56 Å². The lowest BCUT2D eigenvalue weighted by atomic mass is 9.92. The predicted octanol–water partition coefficient (Wildman–Crippen LogP) is 1.51. The molecule has 0 aromatic heterocycles. The Morgan fingerprint density at radius 1 is 0.833 bits per heavy atom. The van der Waals surface area contributed by atoms with Crippen LogP contribution in [0.15, 0.2) is 0 Å². The Balaban J connectivity index is 3.94. The van der Waals surface area contributed by atoms with Crippen LogP contribution in [0.5, 0.6) is 11.5 Å². The average molecular weight is 252 g/mol. The van der Waals surface area contributed by atoms with E-state index in [1.165, 1.54) is 6.92 Å². The first kappa shape index (κ1) is 13.7. The number of carboxylic acids is 1. The quantitative estimate of drug-likeness (QED) is 0.703. The molecular weight excluding hydrogens is 240 g/mol. The summed E-state index contributed by atoms with van der Waals surface area (Å²) in [5, 5.41) is 28.5. The fourth-order valence-electron chi connectivity index (χ4n) is 1.87. The molecule has 1 aromatic rings. The van der Waals surface area contributed by atoms with E-state index >= 15 is 0 Å². The Labute approximate surface area is 102 Å². The number of phenolic OH excluding ortho intramolecular Hbond substituents is 1. The molecule has 0 atom stereocenters. The molecule has 6 nitrogen and oxygen atoms in total. The lowest BCUT2D eigenvalue weighted by Gasteiger charge is -2.14. The van der Waals surface area contributed by atoms with Crippen molar-refractivity contribution in [1.82, 2.24) is 0 Å². The third-order valence-corrected chi connectivity index (χ3v) is 2.62. The number of phenols is 2. The average Bonchev–Trinajstić information content (AvgIpc) is 2.14. The van der Waals surface area contributed by atoms with Crippen LogP contribution in [0.25, 0.3) is 0 Å². The molecule has 6 heteroatoms. The van der Waals surface area contributed by atoms with Crippen molar-refractivity contribution >= 4 is 17.5 Å². The van der Waals surface area contributed by atoms with Crippen LogP contribution < -0.4 is 0 Å². The fourth-order valence-corrected chi connectivity index (χ4v) is 1.87. The van der Waals surface area contributed by atoms with E-state index in [9.17, 15) is 24.6 Å². The highest BCUT2D eigenvalue weighted by Gasteiger charge is 2.28. The molecule has 0 fully saturated rings. The van der Waals surface area contributed by atoms with Gasteiger partial charge in [-0.15, -0.1) is 0 Å². The van der Waals surface area contributed by atoms with Gasteiger partial charge in [0.15, 0.2) is 11.6 Å². The lowest BCUT2D eigenvalue weighted by molar-refractivity contribution is 0.0693. The highest BCUT2D eigenvalue weighted by atomic mass is 16.4. The zero-order valence-corrected chi connectivity index (χ0v) is 10.1. The van der Waals surface area contributed by atoms with E-state index in [4.69, 9.17) is 5.11 Å². The number of ketones is 2. The predicted molar refractivity (Wildman–Crippen MR) is 61.5 cm³/mol. The van der Waals surface area contributed by atoms with Gasteiger partial charge in [-0.25, -0.2) is 4.79 Å². The maximum atomic E-state index is 11.4. The zero-order valence-electron chi connectivity index (χ0n) is 10.1. The zero-order chi connectivity index (χ0) is 14.2. The summed E-state index contributed by atoms with van der Waals surface area (Å²) in [6.45, 7) is 3.47. The highest BCUT2D eigenvalue weighted by molar-refractivity contribution is 6.10. The van der Waals surface area contributed by atoms with Crippen molar-refractivity contribution < 1.29 is 29.7 Å². The molecule has 0 bridgehead atoms. The van der Waals surface area contributed by atoms with Gasteiger partial charge in [-0.2, -0.15) is 0 Å². The molecule has 0 aliphatic heterocycles. The Hall–Kier alpha value is -2.37. The van der Waals surface area contributed by atoms with Crippen molar-refractivity contribution in [3.05, 3.63) is 22.3 Å². The monoisotopic (exact) mass is 252 g/mol.